The first-order valence-electron chi connectivity index (χ1n) is 12.0. The van der Waals surface area contributed by atoms with Gasteiger partial charge in [-0.2, -0.15) is 0 Å². The number of hydrogen-bond acceptors (Lipinski definition) is 6. The summed E-state index contributed by atoms with van der Waals surface area (Å²) < 4.78 is 5.75. The molecule has 0 saturated carbocycles. The van der Waals surface area contributed by atoms with Gasteiger partial charge in [-0.1, -0.05) is 12.1 Å². The molecule has 0 radical (unpaired) electrons. The highest BCUT2D eigenvalue weighted by atomic mass is 16.5. The first kappa shape index (κ1) is 26.0. The van der Waals surface area contributed by atoms with Gasteiger partial charge in [-0.05, 0) is 38.3 Å². The highest BCUT2D eigenvalue weighted by Gasteiger charge is 2.26. The Morgan fingerprint density at radius 3 is 2.69 bits per heavy atom. The van der Waals surface area contributed by atoms with Crippen molar-refractivity contribution in [1.82, 2.24) is 26.2 Å². The van der Waals surface area contributed by atoms with Crippen LogP contribution in [0.15, 0.2) is 24.3 Å². The van der Waals surface area contributed by atoms with Gasteiger partial charge < -0.3 is 30.9 Å². The zero-order valence-electron chi connectivity index (χ0n) is 19.9. The Morgan fingerprint density at radius 2 is 1.91 bits per heavy atom. The number of carbonyl (C=O) groups is 5. The van der Waals surface area contributed by atoms with Crippen molar-refractivity contribution in [1.29, 1.82) is 0 Å². The van der Waals surface area contributed by atoms with Crippen LogP contribution >= 0.6 is 0 Å². The van der Waals surface area contributed by atoms with Crippen molar-refractivity contribution >= 4 is 29.5 Å². The molecule has 0 aliphatic carbocycles. The topological polar surface area (TPSA) is 146 Å². The molecule has 2 aliphatic rings. The number of hydrogen-bond donors (Lipinski definition) is 4. The summed E-state index contributed by atoms with van der Waals surface area (Å²) in [5.41, 5.74) is 0.266. The van der Waals surface area contributed by atoms with E-state index >= 15 is 0 Å². The first-order valence-corrected chi connectivity index (χ1v) is 12.0. The standard InChI is InChI=1S/C24H33N5O6/c1-16-22(32)25-11-5-15-35-19-7-3-2-6-17(19)23(33)28-18(9-10-20(30)27-16)24(34)26-12-14-29-13-4-8-21(29)31/h2-3,6-7,16,18H,4-5,8-15H2,1H3,(H,25,32)(H,26,34)(H,27,30)(H,28,33)/t16-,18-/m0/s1. The smallest absolute Gasteiger partial charge is 0.255 e. The van der Waals surface area contributed by atoms with E-state index in [0.29, 0.717) is 38.2 Å². The van der Waals surface area contributed by atoms with Crippen molar-refractivity contribution in [3.8, 4) is 5.75 Å². The van der Waals surface area contributed by atoms with Gasteiger partial charge in [0.25, 0.3) is 5.91 Å². The minimum Gasteiger partial charge on any atom is -0.493 e. The molecule has 1 saturated heterocycles. The van der Waals surface area contributed by atoms with Gasteiger partial charge in [-0.3, -0.25) is 24.0 Å². The molecule has 0 spiro atoms. The van der Waals surface area contributed by atoms with E-state index in [4.69, 9.17) is 4.74 Å². The molecule has 4 N–H and O–H groups in total. The van der Waals surface area contributed by atoms with Gasteiger partial charge in [0, 0.05) is 39.0 Å². The summed E-state index contributed by atoms with van der Waals surface area (Å²) in [7, 11) is 0. The molecular formula is C24H33N5O6. The van der Waals surface area contributed by atoms with Crippen LogP contribution in [-0.4, -0.2) is 79.3 Å². The number of para-hydroxylation sites is 1. The second kappa shape index (κ2) is 12.7. The van der Waals surface area contributed by atoms with Gasteiger partial charge in [-0.15, -0.1) is 0 Å². The average molecular weight is 488 g/mol. The summed E-state index contributed by atoms with van der Waals surface area (Å²) in [6, 6.07) is 4.95. The van der Waals surface area contributed by atoms with E-state index in [1.807, 2.05) is 0 Å². The highest BCUT2D eigenvalue weighted by Crippen LogP contribution is 2.18. The van der Waals surface area contributed by atoms with E-state index in [1.54, 1.807) is 36.1 Å². The normalized spacial score (nSPS) is 22.4. The van der Waals surface area contributed by atoms with Crippen LogP contribution in [0.1, 0.15) is 49.4 Å². The van der Waals surface area contributed by atoms with E-state index in [1.165, 1.54) is 0 Å². The molecule has 190 valence electrons. The van der Waals surface area contributed by atoms with Crippen LogP contribution in [0, 0.1) is 0 Å². The van der Waals surface area contributed by atoms with Crippen LogP contribution in [-0.2, 0) is 19.2 Å². The Hall–Kier alpha value is -3.63. The number of likely N-dealkylation sites (tertiary alicyclic amines) is 1. The minimum atomic E-state index is -0.993. The lowest BCUT2D eigenvalue weighted by Gasteiger charge is -2.22. The molecule has 1 fully saturated rings. The van der Waals surface area contributed by atoms with Crippen LogP contribution in [0.3, 0.4) is 0 Å². The molecule has 5 amide bonds. The van der Waals surface area contributed by atoms with E-state index in [0.717, 1.165) is 6.42 Å². The number of carbonyl (C=O) groups excluding carboxylic acids is 5. The molecular weight excluding hydrogens is 454 g/mol. The lowest BCUT2D eigenvalue weighted by atomic mass is 10.1. The van der Waals surface area contributed by atoms with Gasteiger partial charge in [0.05, 0.1) is 12.2 Å². The number of rotatable bonds is 4. The third-order valence-corrected chi connectivity index (χ3v) is 5.91. The number of nitrogens with zero attached hydrogens (tertiary/aromatic N) is 1. The van der Waals surface area contributed by atoms with Crippen LogP contribution in [0.5, 0.6) is 5.75 Å². The minimum absolute atomic E-state index is 0.0312. The van der Waals surface area contributed by atoms with Crippen molar-refractivity contribution in [3.63, 3.8) is 0 Å². The second-order valence-electron chi connectivity index (χ2n) is 8.62. The third-order valence-electron chi connectivity index (χ3n) is 5.91. The Morgan fingerprint density at radius 1 is 1.11 bits per heavy atom. The maximum Gasteiger partial charge on any atom is 0.255 e. The Kier molecular flexibility index (Phi) is 9.45. The zero-order chi connectivity index (χ0) is 25.2. The average Bonchev–Trinajstić information content (AvgIpc) is 3.25. The SMILES string of the molecule is C[C@@H]1NC(=O)CC[C@@H](C(=O)NCCN2CCCC2=O)NC(=O)c2ccccc2OCCCNC1=O. The summed E-state index contributed by atoms with van der Waals surface area (Å²) >= 11 is 0. The van der Waals surface area contributed by atoms with Crippen LogP contribution in [0.2, 0.25) is 0 Å². The quantitative estimate of drug-likeness (QED) is 0.459. The molecule has 1 aromatic carbocycles. The van der Waals surface area contributed by atoms with Crippen LogP contribution < -0.4 is 26.0 Å². The number of benzene rings is 1. The molecule has 35 heavy (non-hydrogen) atoms. The summed E-state index contributed by atoms with van der Waals surface area (Å²) in [6.07, 6.45) is 1.78. The van der Waals surface area contributed by atoms with Gasteiger partial charge in [0.15, 0.2) is 0 Å². The molecule has 0 bridgehead atoms. The Bertz CT molecular complexity index is 952. The van der Waals surface area contributed by atoms with Crippen molar-refractivity contribution in [3.05, 3.63) is 29.8 Å². The van der Waals surface area contributed by atoms with Crippen molar-refractivity contribution in [2.45, 2.75) is 51.1 Å². The fourth-order valence-corrected chi connectivity index (χ4v) is 3.94. The molecule has 0 aromatic heterocycles. The molecule has 2 atom stereocenters. The summed E-state index contributed by atoms with van der Waals surface area (Å²) in [4.78, 5) is 64.0. The highest BCUT2D eigenvalue weighted by molar-refractivity contribution is 5.99. The lowest BCUT2D eigenvalue weighted by Crippen LogP contribution is -2.49. The Balaban J connectivity index is 1.71. The first-order chi connectivity index (χ1) is 16.8. The van der Waals surface area contributed by atoms with Crippen molar-refractivity contribution < 1.29 is 28.7 Å². The van der Waals surface area contributed by atoms with E-state index in [-0.39, 0.29) is 43.4 Å². The van der Waals surface area contributed by atoms with Crippen LogP contribution in [0.25, 0.3) is 0 Å². The molecule has 1 aromatic rings. The van der Waals surface area contributed by atoms with Crippen molar-refractivity contribution in [2.24, 2.45) is 0 Å². The largest absolute Gasteiger partial charge is 0.493 e. The van der Waals surface area contributed by atoms with E-state index in [2.05, 4.69) is 21.3 Å². The Labute approximate surface area is 204 Å². The maximum atomic E-state index is 13.0. The summed E-state index contributed by atoms with van der Waals surface area (Å²) in [6.45, 7) is 3.49. The molecule has 2 aliphatic heterocycles. The molecule has 11 heteroatoms. The molecule has 2 heterocycles. The van der Waals surface area contributed by atoms with E-state index in [9.17, 15) is 24.0 Å². The van der Waals surface area contributed by atoms with Crippen molar-refractivity contribution in [2.75, 3.05) is 32.8 Å². The third kappa shape index (κ3) is 7.69. The number of nitrogens with one attached hydrogen (secondary N) is 4. The van der Waals surface area contributed by atoms with Gasteiger partial charge in [0.1, 0.15) is 17.8 Å². The zero-order valence-corrected chi connectivity index (χ0v) is 19.9. The number of ether oxygens (including phenoxy) is 1. The predicted octanol–water partition coefficient (Wildman–Crippen LogP) is -0.293. The molecule has 11 nitrogen and oxygen atoms in total. The fraction of sp³-hybridized carbons (Fsp3) is 0.542. The molecule has 0 unspecified atom stereocenters. The lowest BCUT2D eigenvalue weighted by molar-refractivity contribution is -0.129. The molecule has 3 rings (SSSR count). The monoisotopic (exact) mass is 487 g/mol. The summed E-state index contributed by atoms with van der Waals surface area (Å²) in [5, 5.41) is 10.8. The maximum absolute atomic E-state index is 13.0. The predicted molar refractivity (Wildman–Crippen MR) is 126 cm³/mol. The van der Waals surface area contributed by atoms with E-state index < -0.39 is 29.8 Å². The fourth-order valence-electron chi connectivity index (χ4n) is 3.94. The van der Waals surface area contributed by atoms with Crippen LogP contribution in [0.4, 0.5) is 0 Å². The van der Waals surface area contributed by atoms with Gasteiger partial charge in [-0.25, -0.2) is 0 Å². The number of fused-ring (bicyclic) bond motifs is 1. The second-order valence-corrected chi connectivity index (χ2v) is 8.62. The van der Waals surface area contributed by atoms with Gasteiger partial charge >= 0.3 is 0 Å². The summed E-state index contributed by atoms with van der Waals surface area (Å²) in [5.74, 6) is -1.25. The number of amides is 5. The van der Waals surface area contributed by atoms with Gasteiger partial charge in [0.2, 0.25) is 23.6 Å².